The van der Waals surface area contributed by atoms with E-state index in [0.717, 1.165) is 29.7 Å². The van der Waals surface area contributed by atoms with Gasteiger partial charge in [0.15, 0.2) is 9.84 Å². The third-order valence-corrected chi connectivity index (χ3v) is 7.24. The number of methoxy groups -OCH3 is 1. The highest BCUT2D eigenvalue weighted by atomic mass is 32.2. The molecule has 0 radical (unpaired) electrons. The van der Waals surface area contributed by atoms with Gasteiger partial charge >= 0.3 is 0 Å². The number of para-hydroxylation sites is 1. The maximum absolute atomic E-state index is 12.3. The molecule has 216 valence electrons. The predicted octanol–water partition coefficient (Wildman–Crippen LogP) is 3.84. The Bertz CT molecular complexity index is 1680. The molecule has 4 aromatic rings. The molecule has 0 spiro atoms. The molecule has 12 heteroatoms. The molecule has 0 bridgehead atoms. The summed E-state index contributed by atoms with van der Waals surface area (Å²) in [5.74, 6) is 0.952. The Morgan fingerprint density at radius 1 is 1.12 bits per heavy atom. The van der Waals surface area contributed by atoms with E-state index in [-0.39, 0.29) is 17.6 Å². The van der Waals surface area contributed by atoms with Gasteiger partial charge in [0.05, 0.1) is 35.4 Å². The summed E-state index contributed by atoms with van der Waals surface area (Å²) in [7, 11) is 4.27. The first-order chi connectivity index (χ1) is 19.5. The minimum absolute atomic E-state index is 0.0809. The van der Waals surface area contributed by atoms with Gasteiger partial charge in [-0.3, -0.25) is 4.79 Å². The quantitative estimate of drug-likeness (QED) is 0.242. The fourth-order valence-electron chi connectivity index (χ4n) is 4.41. The number of aromatic nitrogens is 3. The smallest absolute Gasteiger partial charge is 0.247 e. The van der Waals surface area contributed by atoms with Crippen molar-refractivity contribution in [3.8, 4) is 11.6 Å². The Labute approximate surface area is 240 Å². The summed E-state index contributed by atoms with van der Waals surface area (Å²) in [4.78, 5) is 25.5. The molecule has 2 N–H and O–H groups in total. The van der Waals surface area contributed by atoms with Crippen LogP contribution in [-0.4, -0.2) is 81.4 Å². The number of rotatable bonds is 12. The van der Waals surface area contributed by atoms with Crippen molar-refractivity contribution in [2.45, 2.75) is 5.75 Å². The van der Waals surface area contributed by atoms with Crippen molar-refractivity contribution in [1.82, 2.24) is 19.4 Å². The monoisotopic (exact) mass is 577 g/mol. The van der Waals surface area contributed by atoms with E-state index in [1.165, 1.54) is 12.3 Å². The van der Waals surface area contributed by atoms with Crippen molar-refractivity contribution >= 4 is 49.7 Å². The number of fused-ring (bicyclic) bond motifs is 1. The van der Waals surface area contributed by atoms with Crippen LogP contribution in [0.3, 0.4) is 0 Å². The topological polar surface area (TPSA) is 122 Å². The molecular weight excluding hydrogens is 542 g/mol. The second-order valence-corrected chi connectivity index (χ2v) is 12.1. The molecule has 0 aliphatic carbocycles. The van der Waals surface area contributed by atoms with Gasteiger partial charge in [-0.2, -0.15) is 4.98 Å². The third-order valence-electron chi connectivity index (χ3n) is 6.40. The number of hydrogen-bond donors (Lipinski definition) is 2. The highest BCUT2D eigenvalue weighted by Crippen LogP contribution is 2.38. The van der Waals surface area contributed by atoms with Crippen LogP contribution in [0.1, 0.15) is 5.56 Å². The minimum atomic E-state index is -3.24. The SMILES string of the molecule is C=CC(=O)Nc1cc(Nc2nccc(-n3cc(CS(C)(=O)=O)c4ccccc43)n2)c(OC)cc1N(C)CCN(C)C. The molecule has 2 heterocycles. The van der Waals surface area contributed by atoms with Crippen molar-refractivity contribution in [2.75, 3.05) is 63.1 Å². The molecule has 4 rings (SSSR count). The number of likely N-dealkylation sites (N-methyl/N-ethyl adjacent to an activating group) is 2. The number of carbonyl (C=O) groups excluding carboxylic acids is 1. The lowest BCUT2D eigenvalue weighted by Crippen LogP contribution is -2.29. The van der Waals surface area contributed by atoms with E-state index in [2.05, 4.69) is 27.1 Å². The number of ether oxygens (including phenoxy) is 1. The van der Waals surface area contributed by atoms with Crippen LogP contribution in [0.25, 0.3) is 16.7 Å². The molecule has 0 saturated heterocycles. The largest absolute Gasteiger partial charge is 0.494 e. The second kappa shape index (κ2) is 12.4. The summed E-state index contributed by atoms with van der Waals surface area (Å²) < 4.78 is 31.7. The minimum Gasteiger partial charge on any atom is -0.494 e. The van der Waals surface area contributed by atoms with Gasteiger partial charge in [0.1, 0.15) is 11.6 Å². The van der Waals surface area contributed by atoms with Crippen LogP contribution < -0.4 is 20.3 Å². The van der Waals surface area contributed by atoms with Gasteiger partial charge in [-0.25, -0.2) is 13.4 Å². The summed E-state index contributed by atoms with van der Waals surface area (Å²) in [6, 6.07) is 12.9. The summed E-state index contributed by atoms with van der Waals surface area (Å²) in [6.07, 6.45) is 5.84. The highest BCUT2D eigenvalue weighted by molar-refractivity contribution is 7.89. The zero-order valence-electron chi connectivity index (χ0n) is 23.9. The number of nitrogens with one attached hydrogen (secondary N) is 2. The Balaban J connectivity index is 1.73. The average molecular weight is 578 g/mol. The highest BCUT2D eigenvalue weighted by Gasteiger charge is 2.18. The molecule has 1 amide bonds. The molecule has 0 aliphatic rings. The average Bonchev–Trinajstić information content (AvgIpc) is 3.29. The molecule has 2 aromatic heterocycles. The Kier molecular flexibility index (Phi) is 8.94. The van der Waals surface area contributed by atoms with Gasteiger partial charge in [0.2, 0.25) is 11.9 Å². The van der Waals surface area contributed by atoms with Crippen LogP contribution in [0.4, 0.5) is 23.0 Å². The molecule has 0 fully saturated rings. The van der Waals surface area contributed by atoms with Crippen LogP contribution in [-0.2, 0) is 20.4 Å². The number of nitrogens with zero attached hydrogens (tertiary/aromatic N) is 5. The fourth-order valence-corrected chi connectivity index (χ4v) is 5.20. The standard InChI is InChI=1S/C29H35N7O4S/c1-7-28(37)31-22-16-23(26(40-5)17-25(22)35(4)15-14-34(2)3)32-29-30-13-12-27(33-29)36-18-20(19-41(6,38)39)21-10-8-9-11-24(21)36/h7-13,16-18H,1,14-15,19H2,2-6H3,(H,31,37)(H,30,32,33). The van der Waals surface area contributed by atoms with Gasteiger partial charge < -0.3 is 29.7 Å². The lowest BCUT2D eigenvalue weighted by Gasteiger charge is -2.26. The Morgan fingerprint density at radius 3 is 2.56 bits per heavy atom. The summed E-state index contributed by atoms with van der Waals surface area (Å²) in [5.41, 5.74) is 3.40. The van der Waals surface area contributed by atoms with Crippen molar-refractivity contribution in [1.29, 1.82) is 0 Å². The van der Waals surface area contributed by atoms with Crippen molar-refractivity contribution in [3.63, 3.8) is 0 Å². The van der Waals surface area contributed by atoms with Crippen LogP contribution in [0.2, 0.25) is 0 Å². The Hall–Kier alpha value is -4.42. The van der Waals surface area contributed by atoms with Gasteiger partial charge in [-0.1, -0.05) is 24.8 Å². The van der Waals surface area contributed by atoms with E-state index >= 15 is 0 Å². The van der Waals surface area contributed by atoms with Crippen LogP contribution >= 0.6 is 0 Å². The van der Waals surface area contributed by atoms with Crippen LogP contribution in [0.5, 0.6) is 5.75 Å². The number of sulfone groups is 1. The zero-order chi connectivity index (χ0) is 29.7. The molecular formula is C29H35N7O4S. The first kappa shape index (κ1) is 29.6. The molecule has 41 heavy (non-hydrogen) atoms. The first-order valence-electron chi connectivity index (χ1n) is 12.9. The fraction of sp³-hybridized carbons (Fsp3) is 0.276. The number of hydrogen-bond acceptors (Lipinski definition) is 9. The number of carbonyl (C=O) groups is 1. The first-order valence-corrected chi connectivity index (χ1v) is 14.9. The molecule has 0 atom stereocenters. The van der Waals surface area contributed by atoms with Crippen molar-refractivity contribution < 1.29 is 17.9 Å². The van der Waals surface area contributed by atoms with E-state index < -0.39 is 9.84 Å². The second-order valence-electron chi connectivity index (χ2n) is 9.96. The number of benzene rings is 2. The number of amides is 1. The third kappa shape index (κ3) is 7.21. The lowest BCUT2D eigenvalue weighted by molar-refractivity contribution is -0.111. The molecule has 0 unspecified atom stereocenters. The Morgan fingerprint density at radius 2 is 1.88 bits per heavy atom. The van der Waals surface area contributed by atoms with Gasteiger partial charge in [-0.15, -0.1) is 0 Å². The van der Waals surface area contributed by atoms with E-state index in [0.29, 0.717) is 28.5 Å². The van der Waals surface area contributed by atoms with Gasteiger partial charge in [0, 0.05) is 50.2 Å². The lowest BCUT2D eigenvalue weighted by atomic mass is 10.2. The predicted molar refractivity (Wildman–Crippen MR) is 164 cm³/mol. The van der Waals surface area contributed by atoms with Crippen LogP contribution in [0.15, 0.2) is 67.5 Å². The maximum Gasteiger partial charge on any atom is 0.247 e. The zero-order valence-corrected chi connectivity index (χ0v) is 24.7. The molecule has 0 aliphatic heterocycles. The van der Waals surface area contributed by atoms with E-state index in [9.17, 15) is 13.2 Å². The summed E-state index contributed by atoms with van der Waals surface area (Å²) in [6.45, 7) is 5.10. The maximum atomic E-state index is 12.3. The van der Waals surface area contributed by atoms with Crippen LogP contribution in [0, 0.1) is 0 Å². The van der Waals surface area contributed by atoms with Crippen molar-refractivity contribution in [3.05, 3.63) is 73.1 Å². The molecule has 11 nitrogen and oxygen atoms in total. The van der Waals surface area contributed by atoms with Gasteiger partial charge in [0.25, 0.3) is 0 Å². The normalized spacial score (nSPS) is 11.5. The van der Waals surface area contributed by atoms with Gasteiger partial charge in [-0.05, 0) is 43.9 Å². The van der Waals surface area contributed by atoms with Crippen molar-refractivity contribution in [2.24, 2.45) is 0 Å². The molecule has 0 saturated carbocycles. The molecule has 2 aromatic carbocycles. The van der Waals surface area contributed by atoms with E-state index in [1.807, 2.05) is 60.9 Å². The number of anilines is 4. The summed E-state index contributed by atoms with van der Waals surface area (Å²) >= 11 is 0. The van der Waals surface area contributed by atoms with E-state index in [4.69, 9.17) is 9.72 Å². The summed E-state index contributed by atoms with van der Waals surface area (Å²) in [5, 5.41) is 6.93. The van der Waals surface area contributed by atoms with E-state index in [1.54, 1.807) is 31.6 Å².